The number of carbonyl (C=O) groups is 1. The molecule has 0 aliphatic carbocycles. The molecule has 1 aliphatic heterocycles. The number of ether oxygens (including phenoxy) is 1. The first kappa shape index (κ1) is 13.2. The van der Waals surface area contributed by atoms with Gasteiger partial charge in [-0.25, -0.2) is 0 Å². The zero-order valence-corrected chi connectivity index (χ0v) is 12.7. The van der Waals surface area contributed by atoms with Gasteiger partial charge in [0.15, 0.2) is 0 Å². The first-order valence-corrected chi connectivity index (χ1v) is 7.25. The van der Waals surface area contributed by atoms with Crippen molar-refractivity contribution in [2.45, 2.75) is 6.92 Å². The van der Waals surface area contributed by atoms with Crippen LogP contribution in [0.4, 0.5) is 5.69 Å². The van der Waals surface area contributed by atoms with Crippen molar-refractivity contribution in [1.82, 2.24) is 0 Å². The van der Waals surface area contributed by atoms with Crippen molar-refractivity contribution in [3.8, 4) is 5.75 Å². The van der Waals surface area contributed by atoms with E-state index in [4.69, 9.17) is 4.74 Å². The van der Waals surface area contributed by atoms with Gasteiger partial charge in [0.2, 0.25) is 0 Å². The second kappa shape index (κ2) is 5.29. The van der Waals surface area contributed by atoms with Gasteiger partial charge in [-0.2, -0.15) is 0 Å². The predicted octanol–water partition coefficient (Wildman–Crippen LogP) is 3.80. The topological polar surface area (TPSA) is 29.5 Å². The van der Waals surface area contributed by atoms with Crippen LogP contribution in [0, 0.1) is 6.92 Å². The SMILES string of the molecule is Cc1cccc(C(=O)N2CCOc3ccc(Br)cc32)c1. The Bertz CT molecular complexity index is 669. The quantitative estimate of drug-likeness (QED) is 0.795. The average molecular weight is 332 g/mol. The summed E-state index contributed by atoms with van der Waals surface area (Å²) in [6.07, 6.45) is 0. The van der Waals surface area contributed by atoms with Crippen LogP contribution in [-0.2, 0) is 0 Å². The van der Waals surface area contributed by atoms with Crippen molar-refractivity contribution in [1.29, 1.82) is 0 Å². The number of fused-ring (bicyclic) bond motifs is 1. The van der Waals surface area contributed by atoms with E-state index in [1.165, 1.54) is 0 Å². The molecule has 0 bridgehead atoms. The molecule has 102 valence electrons. The summed E-state index contributed by atoms with van der Waals surface area (Å²) in [5.41, 5.74) is 2.61. The molecule has 4 heteroatoms. The Balaban J connectivity index is 2.00. The minimum Gasteiger partial charge on any atom is -0.490 e. The second-order valence-corrected chi connectivity index (χ2v) is 5.70. The van der Waals surface area contributed by atoms with Crippen molar-refractivity contribution in [2.75, 3.05) is 18.1 Å². The number of hydrogen-bond acceptors (Lipinski definition) is 2. The van der Waals surface area contributed by atoms with E-state index in [1.807, 2.05) is 49.4 Å². The van der Waals surface area contributed by atoms with Crippen LogP contribution < -0.4 is 9.64 Å². The van der Waals surface area contributed by atoms with Gasteiger partial charge in [-0.15, -0.1) is 0 Å². The first-order valence-electron chi connectivity index (χ1n) is 6.46. The van der Waals surface area contributed by atoms with Gasteiger partial charge in [0, 0.05) is 10.0 Å². The largest absolute Gasteiger partial charge is 0.490 e. The molecule has 1 amide bonds. The molecule has 0 N–H and O–H groups in total. The smallest absolute Gasteiger partial charge is 0.258 e. The molecular weight excluding hydrogens is 318 g/mol. The summed E-state index contributed by atoms with van der Waals surface area (Å²) in [6, 6.07) is 13.4. The number of carbonyl (C=O) groups excluding carboxylic acids is 1. The maximum Gasteiger partial charge on any atom is 0.258 e. The van der Waals surface area contributed by atoms with Gasteiger partial charge in [0.1, 0.15) is 12.4 Å². The highest BCUT2D eigenvalue weighted by Gasteiger charge is 2.24. The Labute approximate surface area is 126 Å². The van der Waals surface area contributed by atoms with E-state index in [0.717, 1.165) is 21.5 Å². The predicted molar refractivity (Wildman–Crippen MR) is 82.5 cm³/mol. The Kier molecular flexibility index (Phi) is 3.49. The lowest BCUT2D eigenvalue weighted by atomic mass is 10.1. The van der Waals surface area contributed by atoms with Gasteiger partial charge < -0.3 is 9.64 Å². The maximum atomic E-state index is 12.7. The van der Waals surface area contributed by atoms with Gasteiger partial charge in [-0.05, 0) is 37.3 Å². The fourth-order valence-corrected chi connectivity index (χ4v) is 2.68. The summed E-state index contributed by atoms with van der Waals surface area (Å²) >= 11 is 3.44. The zero-order valence-electron chi connectivity index (χ0n) is 11.1. The van der Waals surface area contributed by atoms with Crippen molar-refractivity contribution in [2.24, 2.45) is 0 Å². The lowest BCUT2D eigenvalue weighted by Gasteiger charge is -2.29. The fourth-order valence-electron chi connectivity index (χ4n) is 2.34. The molecule has 3 nitrogen and oxygen atoms in total. The molecule has 0 saturated heterocycles. The van der Waals surface area contributed by atoms with E-state index < -0.39 is 0 Å². The van der Waals surface area contributed by atoms with Gasteiger partial charge in [0.25, 0.3) is 5.91 Å². The van der Waals surface area contributed by atoms with Crippen LogP contribution in [0.15, 0.2) is 46.9 Å². The number of anilines is 1. The minimum atomic E-state index is 0.0105. The number of halogens is 1. The van der Waals surface area contributed by atoms with Crippen molar-refractivity contribution >= 4 is 27.5 Å². The van der Waals surface area contributed by atoms with Crippen LogP contribution in [0.5, 0.6) is 5.75 Å². The lowest BCUT2D eigenvalue weighted by molar-refractivity contribution is 0.0976. The van der Waals surface area contributed by atoms with Crippen LogP contribution in [-0.4, -0.2) is 19.1 Å². The number of rotatable bonds is 1. The summed E-state index contributed by atoms with van der Waals surface area (Å²) < 4.78 is 6.54. The summed E-state index contributed by atoms with van der Waals surface area (Å²) in [5.74, 6) is 0.761. The number of benzene rings is 2. The third kappa shape index (κ3) is 2.43. The molecule has 0 unspecified atom stereocenters. The summed E-state index contributed by atoms with van der Waals surface area (Å²) in [7, 11) is 0. The standard InChI is InChI=1S/C16H14BrNO2/c1-11-3-2-4-12(9-11)16(19)18-7-8-20-15-6-5-13(17)10-14(15)18/h2-6,9-10H,7-8H2,1H3. The number of amides is 1. The van der Waals surface area contributed by atoms with Crippen LogP contribution in [0.2, 0.25) is 0 Å². The fraction of sp³-hybridized carbons (Fsp3) is 0.188. The molecule has 20 heavy (non-hydrogen) atoms. The van der Waals surface area contributed by atoms with Crippen LogP contribution in [0.25, 0.3) is 0 Å². The summed E-state index contributed by atoms with van der Waals surface area (Å²) in [4.78, 5) is 14.5. The van der Waals surface area contributed by atoms with E-state index in [1.54, 1.807) is 4.90 Å². The van der Waals surface area contributed by atoms with Crippen LogP contribution in [0.1, 0.15) is 15.9 Å². The van der Waals surface area contributed by atoms with Crippen molar-refractivity contribution in [3.63, 3.8) is 0 Å². The Morgan fingerprint density at radius 2 is 2.10 bits per heavy atom. The molecule has 2 aromatic rings. The van der Waals surface area contributed by atoms with Gasteiger partial charge in [-0.1, -0.05) is 33.6 Å². The molecule has 3 rings (SSSR count). The zero-order chi connectivity index (χ0) is 14.1. The van der Waals surface area contributed by atoms with Gasteiger partial charge >= 0.3 is 0 Å². The third-order valence-corrected chi connectivity index (χ3v) is 3.79. The minimum absolute atomic E-state index is 0.0105. The van der Waals surface area contributed by atoms with E-state index in [-0.39, 0.29) is 5.91 Å². The van der Waals surface area contributed by atoms with Crippen LogP contribution >= 0.6 is 15.9 Å². The summed E-state index contributed by atoms with van der Waals surface area (Å²) in [6.45, 7) is 3.07. The number of nitrogens with zero attached hydrogens (tertiary/aromatic N) is 1. The highest BCUT2D eigenvalue weighted by Crippen LogP contribution is 2.34. The lowest BCUT2D eigenvalue weighted by Crippen LogP contribution is -2.38. The number of aryl methyl sites for hydroxylation is 1. The van der Waals surface area contributed by atoms with Crippen LogP contribution in [0.3, 0.4) is 0 Å². The Morgan fingerprint density at radius 1 is 1.25 bits per heavy atom. The molecule has 0 spiro atoms. The molecule has 0 radical (unpaired) electrons. The maximum absolute atomic E-state index is 12.7. The van der Waals surface area contributed by atoms with Crippen molar-refractivity contribution < 1.29 is 9.53 Å². The van der Waals surface area contributed by atoms with E-state index >= 15 is 0 Å². The molecular formula is C16H14BrNO2. The van der Waals surface area contributed by atoms with E-state index in [9.17, 15) is 4.79 Å². The second-order valence-electron chi connectivity index (χ2n) is 4.79. The normalized spacial score (nSPS) is 13.6. The molecule has 2 aromatic carbocycles. The highest BCUT2D eigenvalue weighted by molar-refractivity contribution is 9.10. The monoisotopic (exact) mass is 331 g/mol. The molecule has 0 atom stereocenters. The van der Waals surface area contributed by atoms with E-state index in [2.05, 4.69) is 15.9 Å². The van der Waals surface area contributed by atoms with Gasteiger partial charge in [-0.3, -0.25) is 4.79 Å². The number of hydrogen-bond donors (Lipinski definition) is 0. The summed E-state index contributed by atoms with van der Waals surface area (Å²) in [5, 5.41) is 0. The average Bonchev–Trinajstić information content (AvgIpc) is 2.46. The van der Waals surface area contributed by atoms with E-state index in [0.29, 0.717) is 18.7 Å². The molecule has 0 aromatic heterocycles. The van der Waals surface area contributed by atoms with Crippen molar-refractivity contribution in [3.05, 3.63) is 58.1 Å². The third-order valence-electron chi connectivity index (χ3n) is 3.29. The molecule has 0 fully saturated rings. The molecule has 1 aliphatic rings. The highest BCUT2D eigenvalue weighted by atomic mass is 79.9. The van der Waals surface area contributed by atoms with Gasteiger partial charge in [0.05, 0.1) is 12.2 Å². The Hall–Kier alpha value is -1.81. The first-order chi connectivity index (χ1) is 9.65. The molecule has 1 heterocycles. The molecule has 0 saturated carbocycles. The Morgan fingerprint density at radius 3 is 2.90 bits per heavy atom.